The Morgan fingerprint density at radius 2 is 2.23 bits per heavy atom. The highest BCUT2D eigenvalue weighted by Crippen LogP contribution is 2.46. The number of dihydropyridines is 1. The van der Waals surface area contributed by atoms with E-state index in [4.69, 9.17) is 5.73 Å². The van der Waals surface area contributed by atoms with Crippen LogP contribution in [0.15, 0.2) is 16.6 Å². The SMILES string of the molecule is CC(C#N)[C@]1(C(=O)N2CCC3N=CC(C(F)(F)F)=CC3C2)CC[C@@H](N)C1. The lowest BCUT2D eigenvalue weighted by Crippen LogP contribution is -2.52. The van der Waals surface area contributed by atoms with Crippen LogP contribution in [0.4, 0.5) is 13.2 Å². The third-order valence-corrected chi connectivity index (χ3v) is 6.07. The van der Waals surface area contributed by atoms with Crippen molar-refractivity contribution in [2.45, 2.75) is 50.9 Å². The maximum absolute atomic E-state index is 13.3. The number of likely N-dealkylation sites (tertiary alicyclic amines) is 1. The Bertz CT molecular complexity index is 681. The maximum atomic E-state index is 13.3. The summed E-state index contributed by atoms with van der Waals surface area (Å²) >= 11 is 0. The van der Waals surface area contributed by atoms with E-state index in [0.29, 0.717) is 32.2 Å². The molecular formula is C18H23F3N4O. The molecule has 142 valence electrons. The number of piperidine rings is 1. The van der Waals surface area contributed by atoms with Gasteiger partial charge in [0.15, 0.2) is 0 Å². The van der Waals surface area contributed by atoms with Crippen molar-refractivity contribution < 1.29 is 18.0 Å². The molecule has 3 unspecified atom stereocenters. The van der Waals surface area contributed by atoms with Gasteiger partial charge in [0.2, 0.25) is 5.91 Å². The molecule has 2 aliphatic heterocycles. The van der Waals surface area contributed by atoms with E-state index in [1.54, 1.807) is 11.8 Å². The largest absolute Gasteiger partial charge is 0.417 e. The average Bonchev–Trinajstić information content (AvgIpc) is 3.01. The number of hydrogen-bond acceptors (Lipinski definition) is 4. The lowest BCUT2D eigenvalue weighted by Gasteiger charge is -2.42. The number of carbonyl (C=O) groups excluding carboxylic acids is 1. The molecule has 1 saturated heterocycles. The second kappa shape index (κ2) is 6.69. The normalized spacial score (nSPS) is 35.5. The van der Waals surface area contributed by atoms with Gasteiger partial charge in [-0.15, -0.1) is 0 Å². The first-order chi connectivity index (χ1) is 12.2. The van der Waals surface area contributed by atoms with Gasteiger partial charge in [-0.25, -0.2) is 0 Å². The monoisotopic (exact) mass is 368 g/mol. The standard InChI is InChI=1S/C18H23F3N4O/c1-11(8-22)17(4-2-14(23)7-17)16(26)25-5-3-15-12(10-25)6-13(9-24-15)18(19,20)21/h6,9,11-12,14-15H,2-5,7,10,23H2,1H3/t11?,12?,14-,15?,17+/m1/s1. The molecule has 0 radical (unpaired) electrons. The van der Waals surface area contributed by atoms with E-state index < -0.39 is 29.0 Å². The number of amides is 1. The van der Waals surface area contributed by atoms with Gasteiger partial charge in [-0.2, -0.15) is 18.4 Å². The fraction of sp³-hybridized carbons (Fsp3) is 0.722. The van der Waals surface area contributed by atoms with Crippen LogP contribution >= 0.6 is 0 Å². The first-order valence-corrected chi connectivity index (χ1v) is 8.94. The van der Waals surface area contributed by atoms with Crippen molar-refractivity contribution in [2.24, 2.45) is 28.0 Å². The van der Waals surface area contributed by atoms with E-state index in [0.717, 1.165) is 6.21 Å². The van der Waals surface area contributed by atoms with Crippen LogP contribution in [0.1, 0.15) is 32.6 Å². The molecule has 1 saturated carbocycles. The Morgan fingerprint density at radius 1 is 1.50 bits per heavy atom. The van der Waals surface area contributed by atoms with E-state index in [2.05, 4.69) is 11.1 Å². The molecule has 26 heavy (non-hydrogen) atoms. The molecule has 8 heteroatoms. The molecule has 0 spiro atoms. The molecule has 2 N–H and O–H groups in total. The van der Waals surface area contributed by atoms with Crippen LogP contribution in [0, 0.1) is 28.6 Å². The highest BCUT2D eigenvalue weighted by atomic mass is 19.4. The molecule has 0 aromatic rings. The molecule has 5 nitrogen and oxygen atoms in total. The zero-order chi connectivity index (χ0) is 19.1. The second-order valence-corrected chi connectivity index (χ2v) is 7.68. The molecule has 5 atom stereocenters. The summed E-state index contributed by atoms with van der Waals surface area (Å²) < 4.78 is 38.9. The minimum Gasteiger partial charge on any atom is -0.341 e. The Hall–Kier alpha value is -1.88. The Labute approximate surface area is 150 Å². The van der Waals surface area contributed by atoms with E-state index in [1.165, 1.54) is 6.08 Å². The van der Waals surface area contributed by atoms with Crippen LogP contribution in [0.2, 0.25) is 0 Å². The molecule has 2 heterocycles. The van der Waals surface area contributed by atoms with Gasteiger partial charge in [-0.1, -0.05) is 6.08 Å². The van der Waals surface area contributed by atoms with Gasteiger partial charge in [-0.3, -0.25) is 9.79 Å². The van der Waals surface area contributed by atoms with Gasteiger partial charge in [0, 0.05) is 31.3 Å². The quantitative estimate of drug-likeness (QED) is 0.813. The lowest BCUT2D eigenvalue weighted by atomic mass is 9.73. The molecule has 3 aliphatic rings. The second-order valence-electron chi connectivity index (χ2n) is 7.68. The number of rotatable bonds is 2. The molecular weight excluding hydrogens is 345 g/mol. The van der Waals surface area contributed by atoms with Gasteiger partial charge in [0.1, 0.15) is 0 Å². The predicted molar refractivity (Wildman–Crippen MR) is 90.1 cm³/mol. The number of allylic oxidation sites excluding steroid dienone is 1. The van der Waals surface area contributed by atoms with Crippen molar-refractivity contribution in [3.8, 4) is 6.07 Å². The van der Waals surface area contributed by atoms with Gasteiger partial charge in [-0.05, 0) is 32.6 Å². The molecule has 0 bridgehead atoms. The molecule has 0 aromatic heterocycles. The summed E-state index contributed by atoms with van der Waals surface area (Å²) in [4.78, 5) is 18.9. The molecule has 2 fully saturated rings. The summed E-state index contributed by atoms with van der Waals surface area (Å²) in [5, 5.41) is 9.39. The number of aliphatic imine (C=N–C) groups is 1. The highest BCUT2D eigenvalue weighted by Gasteiger charge is 2.51. The van der Waals surface area contributed by atoms with Crippen LogP contribution in [0.3, 0.4) is 0 Å². The molecule has 1 aliphatic carbocycles. The minimum absolute atomic E-state index is 0.122. The highest BCUT2D eigenvalue weighted by molar-refractivity contribution is 5.85. The summed E-state index contributed by atoms with van der Waals surface area (Å²) in [6.45, 7) is 2.38. The maximum Gasteiger partial charge on any atom is 0.417 e. The van der Waals surface area contributed by atoms with Crippen molar-refractivity contribution in [3.05, 3.63) is 11.6 Å². The van der Waals surface area contributed by atoms with E-state index in [1.807, 2.05) is 0 Å². The third kappa shape index (κ3) is 3.25. The number of alkyl halides is 3. The number of halogens is 3. The van der Waals surface area contributed by atoms with E-state index >= 15 is 0 Å². The number of nitrogens with zero attached hydrogens (tertiary/aromatic N) is 3. The summed E-state index contributed by atoms with van der Waals surface area (Å²) in [5.41, 5.74) is 4.43. The topological polar surface area (TPSA) is 82.5 Å². The molecule has 3 rings (SSSR count). The number of carbonyl (C=O) groups is 1. The Balaban J connectivity index is 1.80. The predicted octanol–water partition coefficient (Wildman–Crippen LogP) is 2.43. The van der Waals surface area contributed by atoms with Crippen molar-refractivity contribution in [1.82, 2.24) is 4.90 Å². The summed E-state index contributed by atoms with van der Waals surface area (Å²) in [5.74, 6) is -1.07. The van der Waals surface area contributed by atoms with Gasteiger partial charge in [0.05, 0.1) is 29.0 Å². The summed E-state index contributed by atoms with van der Waals surface area (Å²) in [6, 6.07) is 1.84. The van der Waals surface area contributed by atoms with Crippen LogP contribution in [-0.4, -0.2) is 48.4 Å². The number of fused-ring (bicyclic) bond motifs is 1. The summed E-state index contributed by atoms with van der Waals surface area (Å²) in [6.07, 6.45) is -0.139. The van der Waals surface area contributed by atoms with Crippen molar-refractivity contribution in [2.75, 3.05) is 13.1 Å². The number of hydrogen-bond donors (Lipinski definition) is 1. The third-order valence-electron chi connectivity index (χ3n) is 6.07. The van der Waals surface area contributed by atoms with E-state index in [9.17, 15) is 23.2 Å². The lowest BCUT2D eigenvalue weighted by molar-refractivity contribution is -0.145. The van der Waals surface area contributed by atoms with Crippen LogP contribution in [0.25, 0.3) is 0 Å². The van der Waals surface area contributed by atoms with Gasteiger partial charge >= 0.3 is 6.18 Å². The zero-order valence-electron chi connectivity index (χ0n) is 14.7. The number of nitriles is 1. The van der Waals surface area contributed by atoms with Crippen molar-refractivity contribution in [1.29, 1.82) is 5.26 Å². The number of nitrogens with two attached hydrogens (primary N) is 1. The molecule has 0 aromatic carbocycles. The van der Waals surface area contributed by atoms with Gasteiger partial charge in [0.25, 0.3) is 0 Å². The average molecular weight is 368 g/mol. The van der Waals surface area contributed by atoms with E-state index in [-0.39, 0.29) is 24.5 Å². The Morgan fingerprint density at radius 3 is 2.81 bits per heavy atom. The van der Waals surface area contributed by atoms with Crippen LogP contribution < -0.4 is 5.73 Å². The van der Waals surface area contributed by atoms with Crippen LogP contribution in [0.5, 0.6) is 0 Å². The fourth-order valence-electron chi connectivity index (χ4n) is 4.45. The van der Waals surface area contributed by atoms with Crippen molar-refractivity contribution >= 4 is 12.1 Å². The first kappa shape index (κ1) is 18.9. The zero-order valence-corrected chi connectivity index (χ0v) is 14.7. The molecule has 1 amide bonds. The fourth-order valence-corrected chi connectivity index (χ4v) is 4.45. The van der Waals surface area contributed by atoms with Crippen LogP contribution in [-0.2, 0) is 4.79 Å². The van der Waals surface area contributed by atoms with Crippen molar-refractivity contribution in [3.63, 3.8) is 0 Å². The van der Waals surface area contributed by atoms with Gasteiger partial charge < -0.3 is 10.6 Å². The first-order valence-electron chi connectivity index (χ1n) is 8.94. The minimum atomic E-state index is -4.43. The Kier molecular flexibility index (Phi) is 4.86. The smallest absolute Gasteiger partial charge is 0.341 e. The summed E-state index contributed by atoms with van der Waals surface area (Å²) in [7, 11) is 0.